The standard InChI is InChI=1S/C15H18O3S/c16-14(7-11-5-6-19(17,18)10-11)9-13-8-12-3-1-2-4-15(12)13/h1-4,11,13H,5-10H2. The van der Waals surface area contributed by atoms with Gasteiger partial charge in [-0.3, -0.25) is 4.79 Å². The Morgan fingerprint density at radius 1 is 1.21 bits per heavy atom. The second-order valence-electron chi connectivity index (χ2n) is 5.82. The van der Waals surface area contributed by atoms with Crippen LogP contribution in [0.5, 0.6) is 0 Å². The summed E-state index contributed by atoms with van der Waals surface area (Å²) in [7, 11) is -2.86. The molecule has 102 valence electrons. The summed E-state index contributed by atoms with van der Waals surface area (Å²) < 4.78 is 22.7. The first-order valence-corrected chi connectivity index (χ1v) is 8.65. The van der Waals surface area contributed by atoms with Gasteiger partial charge in [0.15, 0.2) is 9.84 Å². The molecule has 1 saturated heterocycles. The molecule has 1 aromatic rings. The topological polar surface area (TPSA) is 51.2 Å². The van der Waals surface area contributed by atoms with E-state index in [2.05, 4.69) is 12.1 Å². The molecule has 2 unspecified atom stereocenters. The monoisotopic (exact) mass is 278 g/mol. The summed E-state index contributed by atoms with van der Waals surface area (Å²) in [6, 6.07) is 8.25. The lowest BCUT2D eigenvalue weighted by Gasteiger charge is -2.29. The highest BCUT2D eigenvalue weighted by atomic mass is 32.2. The molecular weight excluding hydrogens is 260 g/mol. The van der Waals surface area contributed by atoms with Crippen molar-refractivity contribution in [2.24, 2.45) is 5.92 Å². The van der Waals surface area contributed by atoms with Gasteiger partial charge in [0.05, 0.1) is 11.5 Å². The maximum absolute atomic E-state index is 12.0. The van der Waals surface area contributed by atoms with Crippen LogP contribution in [0.1, 0.15) is 36.3 Å². The van der Waals surface area contributed by atoms with Crippen molar-refractivity contribution in [1.82, 2.24) is 0 Å². The molecule has 1 heterocycles. The van der Waals surface area contributed by atoms with E-state index in [0.29, 0.717) is 25.2 Å². The van der Waals surface area contributed by atoms with E-state index in [1.165, 1.54) is 11.1 Å². The van der Waals surface area contributed by atoms with Crippen LogP contribution in [0.2, 0.25) is 0 Å². The molecule has 1 aliphatic heterocycles. The zero-order valence-electron chi connectivity index (χ0n) is 10.8. The molecule has 0 spiro atoms. The number of fused-ring (bicyclic) bond motifs is 1. The van der Waals surface area contributed by atoms with Gasteiger partial charge in [0.2, 0.25) is 0 Å². The number of sulfone groups is 1. The number of benzene rings is 1. The van der Waals surface area contributed by atoms with Crippen LogP contribution < -0.4 is 0 Å². The molecule has 0 saturated carbocycles. The lowest BCUT2D eigenvalue weighted by Crippen LogP contribution is -2.21. The number of ketones is 1. The molecule has 3 rings (SSSR count). The van der Waals surface area contributed by atoms with Crippen molar-refractivity contribution < 1.29 is 13.2 Å². The molecule has 19 heavy (non-hydrogen) atoms. The summed E-state index contributed by atoms with van der Waals surface area (Å²) in [6.45, 7) is 0. The first-order chi connectivity index (χ1) is 9.03. The fraction of sp³-hybridized carbons (Fsp3) is 0.533. The van der Waals surface area contributed by atoms with Gasteiger partial charge in [0.25, 0.3) is 0 Å². The Balaban J connectivity index is 1.54. The number of rotatable bonds is 4. The van der Waals surface area contributed by atoms with Crippen molar-refractivity contribution in [3.05, 3.63) is 35.4 Å². The third-order valence-corrected chi connectivity index (χ3v) is 6.12. The Morgan fingerprint density at radius 2 is 2.00 bits per heavy atom. The summed E-state index contributed by atoms with van der Waals surface area (Å²) in [5.74, 6) is 1.12. The minimum atomic E-state index is -2.86. The van der Waals surface area contributed by atoms with E-state index in [4.69, 9.17) is 0 Å². The largest absolute Gasteiger partial charge is 0.300 e. The zero-order chi connectivity index (χ0) is 13.5. The van der Waals surface area contributed by atoms with Gasteiger partial charge < -0.3 is 0 Å². The van der Waals surface area contributed by atoms with Crippen molar-refractivity contribution in [3.63, 3.8) is 0 Å². The number of carbonyl (C=O) groups excluding carboxylic acids is 1. The molecule has 2 aliphatic rings. The maximum Gasteiger partial charge on any atom is 0.150 e. The van der Waals surface area contributed by atoms with Crippen LogP contribution in [-0.4, -0.2) is 25.7 Å². The normalized spacial score (nSPS) is 27.6. The third-order valence-electron chi connectivity index (χ3n) is 4.28. The van der Waals surface area contributed by atoms with Crippen LogP contribution in [-0.2, 0) is 21.1 Å². The molecule has 1 aliphatic carbocycles. The molecule has 1 fully saturated rings. The molecule has 2 atom stereocenters. The summed E-state index contributed by atoms with van der Waals surface area (Å²) in [6.07, 6.45) is 2.67. The lowest BCUT2D eigenvalue weighted by atomic mass is 9.74. The predicted molar refractivity (Wildman–Crippen MR) is 73.9 cm³/mol. The molecule has 0 radical (unpaired) electrons. The third kappa shape index (κ3) is 2.73. The van der Waals surface area contributed by atoms with Gasteiger partial charge in [-0.15, -0.1) is 0 Å². The van der Waals surface area contributed by atoms with E-state index in [-0.39, 0.29) is 23.2 Å². The van der Waals surface area contributed by atoms with Gasteiger partial charge in [0.1, 0.15) is 5.78 Å². The SMILES string of the molecule is O=C(CC1CCS(=O)(=O)C1)CC1Cc2ccccc21. The molecular formula is C15H18O3S. The van der Waals surface area contributed by atoms with E-state index < -0.39 is 9.84 Å². The molecule has 3 nitrogen and oxygen atoms in total. The fourth-order valence-corrected chi connectivity index (χ4v) is 5.12. The summed E-state index contributed by atoms with van der Waals surface area (Å²) in [5, 5.41) is 0. The van der Waals surface area contributed by atoms with E-state index in [1.54, 1.807) is 0 Å². The second-order valence-corrected chi connectivity index (χ2v) is 8.04. The fourth-order valence-electron chi connectivity index (χ4n) is 3.26. The minimum absolute atomic E-state index is 0.0628. The number of hydrogen-bond acceptors (Lipinski definition) is 3. The molecule has 1 aromatic carbocycles. The van der Waals surface area contributed by atoms with Crippen LogP contribution in [0.25, 0.3) is 0 Å². The first kappa shape index (κ1) is 12.9. The second kappa shape index (κ2) is 4.75. The summed E-state index contributed by atoms with van der Waals surface area (Å²) >= 11 is 0. The highest BCUT2D eigenvalue weighted by molar-refractivity contribution is 7.91. The Bertz CT molecular complexity index is 604. The van der Waals surface area contributed by atoms with Crippen molar-refractivity contribution in [2.75, 3.05) is 11.5 Å². The zero-order valence-corrected chi connectivity index (χ0v) is 11.7. The van der Waals surface area contributed by atoms with E-state index >= 15 is 0 Å². The van der Waals surface area contributed by atoms with E-state index in [9.17, 15) is 13.2 Å². The molecule has 0 N–H and O–H groups in total. The molecule has 0 bridgehead atoms. The van der Waals surface area contributed by atoms with Crippen molar-refractivity contribution >= 4 is 15.6 Å². The van der Waals surface area contributed by atoms with Crippen molar-refractivity contribution in [3.8, 4) is 0 Å². The summed E-state index contributed by atoms with van der Waals surface area (Å²) in [4.78, 5) is 12.0. The van der Waals surface area contributed by atoms with Crippen LogP contribution in [0.4, 0.5) is 0 Å². The smallest absolute Gasteiger partial charge is 0.150 e. The quantitative estimate of drug-likeness (QED) is 0.847. The van der Waals surface area contributed by atoms with Gasteiger partial charge in [0, 0.05) is 12.8 Å². The Hall–Kier alpha value is -1.16. The Morgan fingerprint density at radius 3 is 2.68 bits per heavy atom. The van der Waals surface area contributed by atoms with E-state index in [1.807, 2.05) is 12.1 Å². The van der Waals surface area contributed by atoms with Gasteiger partial charge in [-0.2, -0.15) is 0 Å². The number of carbonyl (C=O) groups is 1. The average molecular weight is 278 g/mol. The van der Waals surface area contributed by atoms with Crippen LogP contribution in [0.15, 0.2) is 24.3 Å². The number of hydrogen-bond donors (Lipinski definition) is 0. The molecule has 4 heteroatoms. The lowest BCUT2D eigenvalue weighted by molar-refractivity contribution is -0.120. The van der Waals surface area contributed by atoms with Gasteiger partial charge in [-0.25, -0.2) is 8.42 Å². The Labute approximate surface area is 113 Å². The molecule has 0 amide bonds. The average Bonchev–Trinajstić information content (AvgIpc) is 2.65. The summed E-state index contributed by atoms with van der Waals surface area (Å²) in [5.41, 5.74) is 2.65. The van der Waals surface area contributed by atoms with Gasteiger partial charge in [-0.05, 0) is 35.8 Å². The Kier molecular flexibility index (Phi) is 3.21. The highest BCUT2D eigenvalue weighted by Crippen LogP contribution is 2.38. The van der Waals surface area contributed by atoms with Crippen LogP contribution >= 0.6 is 0 Å². The van der Waals surface area contributed by atoms with Gasteiger partial charge >= 0.3 is 0 Å². The maximum atomic E-state index is 12.0. The van der Waals surface area contributed by atoms with Gasteiger partial charge in [-0.1, -0.05) is 24.3 Å². The van der Waals surface area contributed by atoms with Crippen LogP contribution in [0, 0.1) is 5.92 Å². The van der Waals surface area contributed by atoms with Crippen LogP contribution in [0.3, 0.4) is 0 Å². The molecule has 0 aromatic heterocycles. The van der Waals surface area contributed by atoms with Crippen molar-refractivity contribution in [2.45, 2.75) is 31.6 Å². The number of Topliss-reactive ketones (excluding diaryl/α,β-unsaturated/α-hetero) is 1. The highest BCUT2D eigenvalue weighted by Gasteiger charge is 2.32. The van der Waals surface area contributed by atoms with E-state index in [0.717, 1.165) is 6.42 Å². The predicted octanol–water partition coefficient (Wildman–Crippen LogP) is 2.11. The first-order valence-electron chi connectivity index (χ1n) is 6.83. The minimum Gasteiger partial charge on any atom is -0.300 e. The van der Waals surface area contributed by atoms with Crippen molar-refractivity contribution in [1.29, 1.82) is 0 Å².